The van der Waals surface area contributed by atoms with Crippen molar-refractivity contribution in [1.29, 1.82) is 0 Å². The van der Waals surface area contributed by atoms with Gasteiger partial charge in [0.15, 0.2) is 0 Å². The number of rotatable bonds is 1. The zero-order chi connectivity index (χ0) is 27.8. The first-order chi connectivity index (χ1) is 20.8. The van der Waals surface area contributed by atoms with Crippen LogP contribution in [0.1, 0.15) is 33.4 Å². The molecule has 0 saturated heterocycles. The van der Waals surface area contributed by atoms with Gasteiger partial charge in [0, 0.05) is 0 Å². The quantitative estimate of drug-likeness (QED) is 0.250. The van der Waals surface area contributed by atoms with Gasteiger partial charge in [-0.05, 0) is 0 Å². The van der Waals surface area contributed by atoms with E-state index in [1.54, 1.807) is 0 Å². The van der Waals surface area contributed by atoms with E-state index in [0.717, 1.165) is 67.5 Å². The van der Waals surface area contributed by atoms with Crippen LogP contribution in [0.25, 0.3) is 10.8 Å². The van der Waals surface area contributed by atoms with Crippen molar-refractivity contribution in [3.05, 3.63) is 130 Å². The average molecular weight is 616 g/mol. The molecule has 1 radical (unpaired) electrons. The van der Waals surface area contributed by atoms with E-state index in [2.05, 4.69) is 79.7 Å². The summed E-state index contributed by atoms with van der Waals surface area (Å²) in [6.07, 6.45) is 1.89. The van der Waals surface area contributed by atoms with E-state index in [-0.39, 0.29) is 5.48 Å². The molecule has 0 amide bonds. The Balaban J connectivity index is 0.00000278. The van der Waals surface area contributed by atoms with Gasteiger partial charge >= 0.3 is 250 Å². The molecule has 0 fully saturated rings. The molecule has 4 aliphatic heterocycles. The molecule has 43 heavy (non-hydrogen) atoms. The summed E-state index contributed by atoms with van der Waals surface area (Å²) in [6.45, 7) is 0. The molecule has 0 unspecified atom stereocenters. The van der Waals surface area contributed by atoms with E-state index in [0.29, 0.717) is 17.5 Å². The number of amidine groups is 5. The molecule has 0 saturated carbocycles. The van der Waals surface area contributed by atoms with Crippen LogP contribution in [0.2, 0.25) is 0 Å². The van der Waals surface area contributed by atoms with Crippen LogP contribution in [0.5, 0.6) is 0 Å². The third-order valence-electron chi connectivity index (χ3n) is 7.96. The number of benzene rings is 4. The Bertz CT molecular complexity index is 2200. The number of hydrogen-bond donors (Lipinski definition) is 0. The van der Waals surface area contributed by atoms with Crippen LogP contribution < -0.4 is 0 Å². The van der Waals surface area contributed by atoms with E-state index in [9.17, 15) is 0 Å². The topological polar surface area (TPSA) is 114 Å². The molecule has 5 aromatic rings. The van der Waals surface area contributed by atoms with Crippen LogP contribution in [-0.2, 0) is 0 Å². The van der Waals surface area contributed by atoms with Gasteiger partial charge < -0.3 is 5.48 Å². The number of nitrogens with zero attached hydrogens (tertiary/aromatic N) is 8. The van der Waals surface area contributed by atoms with E-state index in [1.165, 1.54) is 0 Å². The van der Waals surface area contributed by atoms with Gasteiger partial charge in [-0.1, -0.05) is 0 Å². The standard InChI is InChI=1S/C33H20N8.Ga.H2O/c1-34-27-21-12-4-5-13-22(21)29(36-27)38-31-25-16-8-9-17-26(25)33(40-31)41-32-24-15-7-6-14-23(24)30(39-32)37-28-20-11-3-2-10-19(20)18-35-28;;/h2-18H,1H3;;1H2/q-2;+2;/b37-28-;;. The first-order valence-corrected chi connectivity index (χ1v) is 15.9. The van der Waals surface area contributed by atoms with E-state index in [1.807, 2.05) is 37.5 Å². The summed E-state index contributed by atoms with van der Waals surface area (Å²) in [4.78, 5) is 30.3. The minimum absolute atomic E-state index is 0. The van der Waals surface area contributed by atoms with Gasteiger partial charge in [0.1, 0.15) is 0 Å². The minimum atomic E-state index is -1.59. The fourth-order valence-electron chi connectivity index (χ4n) is 6.04. The minimum Gasteiger partial charge on any atom is -0.412 e. The Morgan fingerprint density at radius 1 is 0.651 bits per heavy atom. The van der Waals surface area contributed by atoms with Gasteiger partial charge in [-0.2, -0.15) is 0 Å². The van der Waals surface area contributed by atoms with Crippen molar-refractivity contribution in [3.63, 3.8) is 0 Å². The van der Waals surface area contributed by atoms with Gasteiger partial charge in [0.2, 0.25) is 0 Å². The largest absolute Gasteiger partial charge is 0.412 e. The number of fused-ring (bicyclic) bond motifs is 11. The first kappa shape index (κ1) is 25.5. The molecule has 0 spiro atoms. The molecule has 9 rings (SSSR count). The van der Waals surface area contributed by atoms with Crippen LogP contribution in [0.4, 0.5) is 11.6 Å². The van der Waals surface area contributed by atoms with Gasteiger partial charge in [0.25, 0.3) is 0 Å². The van der Waals surface area contributed by atoms with Crippen LogP contribution in [0.3, 0.4) is 0 Å². The zero-order valence-electron chi connectivity index (χ0n) is 23.0. The smallest absolute Gasteiger partial charge is 0.412 e. The maximum Gasteiger partial charge on any atom is -0.412 e. The van der Waals surface area contributed by atoms with Crippen LogP contribution in [-0.4, -0.2) is 72.7 Å². The fraction of sp³-hybridized carbons (Fsp3) is 0.0303. The van der Waals surface area contributed by atoms with Crippen molar-refractivity contribution >= 4 is 75.7 Å². The summed E-state index contributed by atoms with van der Waals surface area (Å²) in [5, 5.41) is 2.06. The molecule has 203 valence electrons. The summed E-state index contributed by atoms with van der Waals surface area (Å²) in [5.74, 6) is 5.52. The van der Waals surface area contributed by atoms with Crippen LogP contribution in [0, 0.1) is 0 Å². The molecule has 2 N–H and O–H groups in total. The van der Waals surface area contributed by atoms with E-state index >= 15 is 0 Å². The Morgan fingerprint density at radius 3 is 2.05 bits per heavy atom. The molecular weight excluding hydrogens is 594 g/mol. The molecule has 4 aromatic carbocycles. The molecule has 9 nitrogen and oxygen atoms in total. The molecule has 0 aliphatic carbocycles. The van der Waals surface area contributed by atoms with Crippen molar-refractivity contribution in [3.8, 4) is 0 Å². The predicted molar refractivity (Wildman–Crippen MR) is 173 cm³/mol. The summed E-state index contributed by atoms with van der Waals surface area (Å²) in [7, 11) is 1.85. The Labute approximate surface area is 254 Å². The van der Waals surface area contributed by atoms with Gasteiger partial charge in [-0.15, -0.1) is 0 Å². The average Bonchev–Trinajstić information content (AvgIpc) is 3.76. The van der Waals surface area contributed by atoms with Gasteiger partial charge in [-0.3, -0.25) is 0 Å². The second-order valence-electron chi connectivity index (χ2n) is 10.3. The SMILES string of the molecule is CN=C1c2ccccc2C2=NC3=N/C(=N\c4c5ccccc5c(/N=C5\N=Cc6ccccc65)[n]4[Ga][N]12)c1ccccc13.O. The molecule has 10 heteroatoms. The third-order valence-corrected chi connectivity index (χ3v) is 11.0. The van der Waals surface area contributed by atoms with E-state index in [4.69, 9.17) is 30.0 Å². The summed E-state index contributed by atoms with van der Waals surface area (Å²) in [6, 6.07) is 33.1. The van der Waals surface area contributed by atoms with Crippen molar-refractivity contribution in [2.24, 2.45) is 30.0 Å². The summed E-state index contributed by atoms with van der Waals surface area (Å²) in [5.41, 5.74) is 6.18. The third kappa shape index (κ3) is 3.71. The normalized spacial score (nSPS) is 18.5. The second-order valence-corrected chi connectivity index (χ2v) is 12.9. The Kier molecular flexibility index (Phi) is 5.76. The molecule has 0 atom stereocenters. The first-order valence-electron chi connectivity index (χ1n) is 13.7. The maximum absolute atomic E-state index is 5.27. The number of aliphatic imine (C=N–C) groups is 6. The molecule has 2 bridgehead atoms. The Hall–Kier alpha value is -5.16. The molecule has 4 aliphatic rings. The Morgan fingerprint density at radius 2 is 1.28 bits per heavy atom. The molecule has 1 aromatic heterocycles. The van der Waals surface area contributed by atoms with Gasteiger partial charge in [-0.25, -0.2) is 0 Å². The van der Waals surface area contributed by atoms with Crippen LogP contribution in [0.15, 0.2) is 127 Å². The number of aromatic nitrogens is 1. The van der Waals surface area contributed by atoms with Crippen molar-refractivity contribution in [1.82, 2.24) is 6.88 Å². The monoisotopic (exact) mass is 615 g/mol. The zero-order valence-corrected chi connectivity index (χ0v) is 25.4. The maximum atomic E-state index is 5.27. The van der Waals surface area contributed by atoms with Crippen molar-refractivity contribution in [2.45, 2.75) is 0 Å². The predicted octanol–water partition coefficient (Wildman–Crippen LogP) is 4.70. The second kappa shape index (κ2) is 9.70. The number of hydrogen-bond acceptors (Lipinski definition) is 5. The van der Waals surface area contributed by atoms with Crippen molar-refractivity contribution in [2.75, 3.05) is 7.05 Å². The van der Waals surface area contributed by atoms with Crippen LogP contribution >= 0.6 is 0 Å². The van der Waals surface area contributed by atoms with Crippen molar-refractivity contribution < 1.29 is 5.48 Å². The summed E-state index contributed by atoms with van der Waals surface area (Å²) < 4.78 is 4.61. The fourth-order valence-corrected chi connectivity index (χ4v) is 9.21. The summed E-state index contributed by atoms with van der Waals surface area (Å²) >= 11 is -1.59. The molecular formula is C33H22GaN8O. The van der Waals surface area contributed by atoms with E-state index < -0.39 is 17.9 Å². The molecule has 5 heterocycles. The van der Waals surface area contributed by atoms with Gasteiger partial charge in [0.05, 0.1) is 0 Å².